The highest BCUT2D eigenvalue weighted by atomic mass is 35.5. The fourth-order valence-electron chi connectivity index (χ4n) is 2.57. The molecule has 2 aromatic carbocycles. The summed E-state index contributed by atoms with van der Waals surface area (Å²) in [5.41, 5.74) is 5.79. The fourth-order valence-corrected chi connectivity index (χ4v) is 2.70. The second kappa shape index (κ2) is 6.29. The van der Waals surface area contributed by atoms with Gasteiger partial charge in [-0.05, 0) is 23.3 Å². The molecule has 1 N–H and O–H groups in total. The van der Waals surface area contributed by atoms with Gasteiger partial charge in [0.2, 0.25) is 0 Å². The van der Waals surface area contributed by atoms with Crippen LogP contribution >= 0.6 is 11.6 Å². The molecule has 1 atom stereocenters. The van der Waals surface area contributed by atoms with Crippen molar-refractivity contribution < 1.29 is 0 Å². The molecule has 3 nitrogen and oxygen atoms in total. The second-order valence-electron chi connectivity index (χ2n) is 5.20. The van der Waals surface area contributed by atoms with Crippen LogP contribution in [-0.2, 0) is 0 Å². The van der Waals surface area contributed by atoms with E-state index in [0.29, 0.717) is 0 Å². The molecule has 0 radical (unpaired) electrons. The minimum atomic E-state index is 0.103. The van der Waals surface area contributed by atoms with Gasteiger partial charge in [0.25, 0.3) is 0 Å². The van der Waals surface area contributed by atoms with Gasteiger partial charge in [0.05, 0.1) is 12.5 Å². The quantitative estimate of drug-likeness (QED) is 0.941. The van der Waals surface area contributed by atoms with Crippen molar-refractivity contribution in [3.8, 4) is 0 Å². The zero-order chi connectivity index (χ0) is 14.7. The van der Waals surface area contributed by atoms with E-state index in [0.717, 1.165) is 23.9 Å². The molecule has 0 bridgehead atoms. The van der Waals surface area contributed by atoms with Crippen LogP contribution < -0.4 is 5.43 Å². The number of aliphatic imine (C=N–C) groups is 1. The Hall–Kier alpha value is -1.84. The van der Waals surface area contributed by atoms with E-state index < -0.39 is 0 Å². The highest BCUT2D eigenvalue weighted by Gasteiger charge is 2.23. The Kier molecular flexibility index (Phi) is 4.23. The van der Waals surface area contributed by atoms with E-state index in [9.17, 15) is 0 Å². The van der Waals surface area contributed by atoms with Crippen molar-refractivity contribution in [3.05, 3.63) is 70.7 Å². The summed E-state index contributed by atoms with van der Waals surface area (Å²) in [6.45, 7) is 1.74. The Bertz CT molecular complexity index is 622. The van der Waals surface area contributed by atoms with Crippen molar-refractivity contribution in [2.45, 2.75) is 5.92 Å². The molecule has 0 unspecified atom stereocenters. The second-order valence-corrected chi connectivity index (χ2v) is 5.63. The molecule has 0 saturated heterocycles. The predicted molar refractivity (Wildman–Crippen MR) is 87.8 cm³/mol. The number of hydrogen-bond acceptors (Lipinski definition) is 3. The van der Waals surface area contributed by atoms with Gasteiger partial charge in [0.1, 0.15) is 5.84 Å². The molecule has 21 heavy (non-hydrogen) atoms. The van der Waals surface area contributed by atoms with Crippen LogP contribution in [0.1, 0.15) is 17.0 Å². The molecular weight excluding hydrogens is 282 g/mol. The highest BCUT2D eigenvalue weighted by Crippen LogP contribution is 2.27. The summed E-state index contributed by atoms with van der Waals surface area (Å²) in [6, 6.07) is 18.4. The van der Waals surface area contributed by atoms with Gasteiger partial charge in [-0.25, -0.2) is 5.01 Å². The Labute approximate surface area is 130 Å². The first-order valence-corrected chi connectivity index (χ1v) is 7.44. The number of amidine groups is 1. The van der Waals surface area contributed by atoms with Crippen molar-refractivity contribution in [1.82, 2.24) is 10.4 Å². The summed E-state index contributed by atoms with van der Waals surface area (Å²) in [6.07, 6.45) is 0. The first kappa shape index (κ1) is 14.1. The summed E-state index contributed by atoms with van der Waals surface area (Å²) >= 11 is 6.02. The summed E-state index contributed by atoms with van der Waals surface area (Å²) < 4.78 is 0. The lowest BCUT2D eigenvalue weighted by atomic mass is 9.90. The van der Waals surface area contributed by atoms with Gasteiger partial charge >= 0.3 is 0 Å². The Morgan fingerprint density at radius 2 is 1.71 bits per heavy atom. The van der Waals surface area contributed by atoms with E-state index >= 15 is 0 Å². The summed E-state index contributed by atoms with van der Waals surface area (Å²) in [5, 5.41) is 2.83. The molecule has 0 amide bonds. The molecule has 108 valence electrons. The third-order valence-electron chi connectivity index (χ3n) is 3.63. The molecule has 4 heteroatoms. The maximum absolute atomic E-state index is 6.02. The van der Waals surface area contributed by atoms with Gasteiger partial charge in [0, 0.05) is 18.6 Å². The average molecular weight is 300 g/mol. The first-order valence-electron chi connectivity index (χ1n) is 7.06. The van der Waals surface area contributed by atoms with E-state index in [1.54, 1.807) is 0 Å². The third kappa shape index (κ3) is 3.26. The van der Waals surface area contributed by atoms with Crippen LogP contribution in [0.4, 0.5) is 0 Å². The molecule has 3 rings (SSSR count). The van der Waals surface area contributed by atoms with Gasteiger partial charge in [-0.3, -0.25) is 4.99 Å². The van der Waals surface area contributed by atoms with Crippen LogP contribution in [0.25, 0.3) is 0 Å². The molecule has 1 heterocycles. The molecule has 1 aliphatic heterocycles. The summed E-state index contributed by atoms with van der Waals surface area (Å²) in [4.78, 5) is 4.69. The summed E-state index contributed by atoms with van der Waals surface area (Å²) in [5.74, 6) is 1.09. The number of nitrogens with one attached hydrogen (secondary N) is 1. The lowest BCUT2D eigenvalue weighted by Crippen LogP contribution is -2.47. The molecule has 2 aromatic rings. The number of halogens is 1. The van der Waals surface area contributed by atoms with E-state index in [2.05, 4.69) is 51.8 Å². The topological polar surface area (TPSA) is 27.6 Å². The molecular formula is C17H18ClN3. The third-order valence-corrected chi connectivity index (χ3v) is 3.88. The number of hydrogen-bond donors (Lipinski definition) is 1. The zero-order valence-electron chi connectivity index (χ0n) is 12.0. The van der Waals surface area contributed by atoms with Gasteiger partial charge in [-0.1, -0.05) is 54.1 Å². The van der Waals surface area contributed by atoms with Crippen molar-refractivity contribution in [3.63, 3.8) is 0 Å². The normalized spacial score (nSPS) is 17.0. The Morgan fingerprint density at radius 1 is 1.05 bits per heavy atom. The van der Waals surface area contributed by atoms with E-state index in [1.807, 2.05) is 25.2 Å². The first-order chi connectivity index (χ1) is 10.2. The molecule has 1 aliphatic rings. The van der Waals surface area contributed by atoms with Crippen LogP contribution in [0.15, 0.2) is 59.6 Å². The van der Waals surface area contributed by atoms with E-state index in [-0.39, 0.29) is 5.92 Å². The Morgan fingerprint density at radius 3 is 2.38 bits per heavy atom. The van der Waals surface area contributed by atoms with Crippen LogP contribution in [0.5, 0.6) is 0 Å². The smallest absolute Gasteiger partial charge is 0.123 e. The van der Waals surface area contributed by atoms with Crippen molar-refractivity contribution >= 4 is 17.4 Å². The fraction of sp³-hybridized carbons (Fsp3) is 0.235. The zero-order valence-corrected chi connectivity index (χ0v) is 12.7. The lowest BCUT2D eigenvalue weighted by Gasteiger charge is -2.29. The van der Waals surface area contributed by atoms with Gasteiger partial charge in [-0.15, -0.1) is 0 Å². The van der Waals surface area contributed by atoms with Gasteiger partial charge < -0.3 is 5.43 Å². The molecule has 0 aromatic heterocycles. The highest BCUT2D eigenvalue weighted by molar-refractivity contribution is 6.30. The van der Waals surface area contributed by atoms with Crippen LogP contribution in [0, 0.1) is 0 Å². The average Bonchev–Trinajstić information content (AvgIpc) is 2.51. The standard InChI is InChI=1S/C17H18ClN3/c1-21-12-11-19-17(20-21)16(13-5-3-2-4-6-13)14-7-9-15(18)10-8-14/h2-10,16H,11-12H2,1H3,(H,19,20)/t16-/m1/s1. The van der Waals surface area contributed by atoms with Crippen molar-refractivity contribution in [1.29, 1.82) is 0 Å². The number of rotatable bonds is 3. The maximum atomic E-state index is 6.02. The predicted octanol–water partition coefficient (Wildman–Crippen LogP) is 3.32. The molecule has 0 spiro atoms. The van der Waals surface area contributed by atoms with Crippen LogP contribution in [0.2, 0.25) is 5.02 Å². The summed E-state index contributed by atoms with van der Waals surface area (Å²) in [7, 11) is 2.04. The molecule has 0 saturated carbocycles. The number of nitrogens with zero attached hydrogens (tertiary/aromatic N) is 2. The van der Waals surface area contributed by atoms with E-state index in [4.69, 9.17) is 11.6 Å². The number of benzene rings is 2. The largest absolute Gasteiger partial charge is 0.306 e. The minimum absolute atomic E-state index is 0.103. The molecule has 0 aliphatic carbocycles. The maximum Gasteiger partial charge on any atom is 0.123 e. The van der Waals surface area contributed by atoms with Gasteiger partial charge in [0.15, 0.2) is 0 Å². The monoisotopic (exact) mass is 299 g/mol. The number of likely N-dealkylation sites (N-methyl/N-ethyl adjacent to an activating group) is 1. The van der Waals surface area contributed by atoms with Gasteiger partial charge in [-0.2, -0.15) is 0 Å². The Balaban J connectivity index is 2.03. The van der Waals surface area contributed by atoms with Crippen LogP contribution in [0.3, 0.4) is 0 Å². The van der Waals surface area contributed by atoms with Crippen LogP contribution in [-0.4, -0.2) is 31.0 Å². The SMILES string of the molecule is CN1CCN=C([C@H](c2ccccc2)c2ccc(Cl)cc2)N1. The molecule has 0 fully saturated rings. The van der Waals surface area contributed by atoms with E-state index in [1.165, 1.54) is 11.1 Å². The van der Waals surface area contributed by atoms with Crippen molar-refractivity contribution in [2.24, 2.45) is 4.99 Å². The lowest BCUT2D eigenvalue weighted by molar-refractivity contribution is 0.284. The number of hydrazine groups is 1. The minimum Gasteiger partial charge on any atom is -0.306 e. The van der Waals surface area contributed by atoms with Crippen molar-refractivity contribution in [2.75, 3.05) is 20.1 Å².